The lowest BCUT2D eigenvalue weighted by Gasteiger charge is -2.38. The maximum absolute atomic E-state index is 12.9. The van der Waals surface area contributed by atoms with Crippen LogP contribution in [0.2, 0.25) is 0 Å². The molecular formula is C16H17N3O6S. The number of rotatable bonds is 1. The Kier molecular flexibility index (Phi) is 3.56. The molecule has 4 heterocycles. The van der Waals surface area contributed by atoms with E-state index in [0.29, 0.717) is 19.5 Å². The molecule has 0 bridgehead atoms. The number of nitrogens with one attached hydrogen (secondary N) is 1. The van der Waals surface area contributed by atoms with E-state index >= 15 is 0 Å². The van der Waals surface area contributed by atoms with Crippen LogP contribution in [-0.4, -0.2) is 59.2 Å². The molecule has 4 unspecified atom stereocenters. The number of ketones is 1. The van der Waals surface area contributed by atoms with Crippen LogP contribution in [0.3, 0.4) is 0 Å². The highest BCUT2D eigenvalue weighted by Crippen LogP contribution is 2.42. The van der Waals surface area contributed by atoms with Gasteiger partial charge in [-0.25, -0.2) is 0 Å². The molecule has 10 heteroatoms. The van der Waals surface area contributed by atoms with E-state index in [4.69, 9.17) is 9.47 Å². The van der Waals surface area contributed by atoms with Crippen LogP contribution in [0.15, 0.2) is 4.79 Å². The highest BCUT2D eigenvalue weighted by Gasteiger charge is 2.54. The summed E-state index contributed by atoms with van der Waals surface area (Å²) in [7, 11) is 0. The second-order valence-corrected chi connectivity index (χ2v) is 7.97. The number of amides is 2. The number of nitrogens with zero attached hydrogens (tertiary/aromatic N) is 2. The molecule has 26 heavy (non-hydrogen) atoms. The maximum atomic E-state index is 12.9. The van der Waals surface area contributed by atoms with E-state index in [1.165, 1.54) is 4.57 Å². The van der Waals surface area contributed by atoms with Gasteiger partial charge in [0.05, 0.1) is 12.0 Å². The number of aromatic nitrogens is 1. The van der Waals surface area contributed by atoms with Gasteiger partial charge in [0.25, 0.3) is 5.91 Å². The largest absolute Gasteiger partial charge is 0.349 e. The Morgan fingerprint density at radius 1 is 1.15 bits per heavy atom. The number of Topliss-reactive ketones (excluding diaryl/α,β-unsaturated/α-hetero) is 1. The lowest BCUT2D eigenvalue weighted by molar-refractivity contribution is -0.142. The number of thiazole rings is 1. The SMILES string of the molecule is O=C1Nc2c(C(=O)N3CCCC3)sc(=O)n2C2C(=O)C3OCOC3CC12. The molecule has 1 aromatic rings. The van der Waals surface area contributed by atoms with Gasteiger partial charge in [0.15, 0.2) is 5.78 Å². The number of fused-ring (bicyclic) bond motifs is 4. The quantitative estimate of drug-likeness (QED) is 0.734. The number of ether oxygens (including phenoxy) is 2. The lowest BCUT2D eigenvalue weighted by Crippen LogP contribution is -2.54. The lowest BCUT2D eigenvalue weighted by atomic mass is 9.78. The van der Waals surface area contributed by atoms with E-state index in [-0.39, 0.29) is 35.1 Å². The van der Waals surface area contributed by atoms with Gasteiger partial charge < -0.3 is 19.7 Å². The van der Waals surface area contributed by atoms with Crippen LogP contribution in [-0.2, 0) is 19.1 Å². The molecule has 1 saturated carbocycles. The Balaban J connectivity index is 1.59. The van der Waals surface area contributed by atoms with E-state index < -0.39 is 29.0 Å². The van der Waals surface area contributed by atoms with E-state index in [1.807, 2.05) is 0 Å². The highest BCUT2D eigenvalue weighted by atomic mass is 32.1. The standard InChI is InChI=1S/C16H17N3O6S/c20-10-9-7(5-8-11(10)25-6-24-8)14(21)17-13-12(26-16(23)19(9)13)15(22)18-3-1-2-4-18/h7-9,11H,1-6H2,(H,17,21). The van der Waals surface area contributed by atoms with E-state index in [9.17, 15) is 19.2 Å². The second-order valence-electron chi connectivity index (χ2n) is 7.00. The first kappa shape index (κ1) is 16.2. The average molecular weight is 379 g/mol. The third-order valence-corrected chi connectivity index (χ3v) is 6.54. The van der Waals surface area contributed by atoms with Gasteiger partial charge in [-0.1, -0.05) is 11.3 Å². The van der Waals surface area contributed by atoms with Crippen LogP contribution in [0.4, 0.5) is 5.82 Å². The first-order valence-electron chi connectivity index (χ1n) is 8.68. The van der Waals surface area contributed by atoms with Crippen molar-refractivity contribution in [3.8, 4) is 0 Å². The third-order valence-electron chi connectivity index (χ3n) is 5.59. The third kappa shape index (κ3) is 2.15. The summed E-state index contributed by atoms with van der Waals surface area (Å²) in [5.74, 6) is -1.50. The van der Waals surface area contributed by atoms with Gasteiger partial charge in [-0.2, -0.15) is 0 Å². The van der Waals surface area contributed by atoms with Gasteiger partial charge in [-0.15, -0.1) is 0 Å². The zero-order valence-corrected chi connectivity index (χ0v) is 14.6. The van der Waals surface area contributed by atoms with Crippen molar-refractivity contribution in [1.82, 2.24) is 9.47 Å². The Morgan fingerprint density at radius 3 is 2.69 bits per heavy atom. The minimum Gasteiger partial charge on any atom is -0.349 e. The van der Waals surface area contributed by atoms with Crippen molar-refractivity contribution in [3.05, 3.63) is 14.5 Å². The number of carbonyl (C=O) groups excluding carboxylic acids is 3. The minimum absolute atomic E-state index is 0.00617. The van der Waals surface area contributed by atoms with Crippen molar-refractivity contribution in [2.24, 2.45) is 5.92 Å². The van der Waals surface area contributed by atoms with Crippen LogP contribution in [0, 0.1) is 5.92 Å². The summed E-state index contributed by atoms with van der Waals surface area (Å²) < 4.78 is 12.0. The van der Waals surface area contributed by atoms with Gasteiger partial charge in [0, 0.05) is 13.1 Å². The summed E-state index contributed by atoms with van der Waals surface area (Å²) >= 11 is 0.787. The van der Waals surface area contributed by atoms with Crippen LogP contribution < -0.4 is 10.2 Å². The summed E-state index contributed by atoms with van der Waals surface area (Å²) in [6.45, 7) is 1.28. The van der Waals surface area contributed by atoms with Crippen molar-refractivity contribution in [2.45, 2.75) is 37.5 Å². The fraction of sp³-hybridized carbons (Fsp3) is 0.625. The van der Waals surface area contributed by atoms with Crippen molar-refractivity contribution in [3.63, 3.8) is 0 Å². The highest BCUT2D eigenvalue weighted by molar-refractivity contribution is 7.12. The molecule has 1 aromatic heterocycles. The summed E-state index contributed by atoms with van der Waals surface area (Å²) in [4.78, 5) is 52.4. The minimum atomic E-state index is -0.939. The molecular weight excluding hydrogens is 362 g/mol. The molecule has 9 nitrogen and oxygen atoms in total. The molecule has 0 radical (unpaired) electrons. The van der Waals surface area contributed by atoms with Gasteiger partial charge in [-0.3, -0.25) is 23.7 Å². The van der Waals surface area contributed by atoms with Crippen LogP contribution in [0.25, 0.3) is 0 Å². The molecule has 4 aliphatic rings. The summed E-state index contributed by atoms with van der Waals surface area (Å²) in [5, 5.41) is 2.69. The molecule has 3 fully saturated rings. The number of anilines is 1. The molecule has 5 rings (SSSR count). The molecule has 0 aromatic carbocycles. The van der Waals surface area contributed by atoms with Gasteiger partial charge in [-0.05, 0) is 19.3 Å². The topological polar surface area (TPSA) is 107 Å². The normalized spacial score (nSPS) is 32.8. The summed E-state index contributed by atoms with van der Waals surface area (Å²) in [6.07, 6.45) is 0.930. The maximum Gasteiger partial charge on any atom is 0.310 e. The number of carbonyl (C=O) groups is 3. The molecule has 3 aliphatic heterocycles. The number of hydrogen-bond donors (Lipinski definition) is 1. The zero-order valence-electron chi connectivity index (χ0n) is 13.8. The Bertz CT molecular complexity index is 870. The van der Waals surface area contributed by atoms with Crippen molar-refractivity contribution in [1.29, 1.82) is 0 Å². The van der Waals surface area contributed by atoms with Crippen molar-refractivity contribution < 1.29 is 23.9 Å². The van der Waals surface area contributed by atoms with Gasteiger partial charge in [0.1, 0.15) is 29.6 Å². The second kappa shape index (κ2) is 5.73. The molecule has 0 spiro atoms. The Labute approximate surface area is 151 Å². The first-order chi connectivity index (χ1) is 12.6. The van der Waals surface area contributed by atoms with Crippen LogP contribution in [0.1, 0.15) is 35.0 Å². The Morgan fingerprint density at radius 2 is 1.92 bits per heavy atom. The van der Waals surface area contributed by atoms with Crippen molar-refractivity contribution in [2.75, 3.05) is 25.2 Å². The molecule has 1 aliphatic carbocycles. The van der Waals surface area contributed by atoms with Gasteiger partial charge in [0.2, 0.25) is 5.91 Å². The van der Waals surface area contributed by atoms with E-state index in [1.54, 1.807) is 4.90 Å². The summed E-state index contributed by atoms with van der Waals surface area (Å²) in [6, 6.07) is -0.939. The molecule has 138 valence electrons. The van der Waals surface area contributed by atoms with Gasteiger partial charge >= 0.3 is 4.87 Å². The first-order valence-corrected chi connectivity index (χ1v) is 9.50. The average Bonchev–Trinajstić information content (AvgIpc) is 3.35. The van der Waals surface area contributed by atoms with E-state index in [2.05, 4.69) is 5.32 Å². The number of likely N-dealkylation sites (tertiary alicyclic amines) is 1. The fourth-order valence-electron chi connectivity index (χ4n) is 4.33. The van der Waals surface area contributed by atoms with Crippen molar-refractivity contribution >= 4 is 34.8 Å². The zero-order chi connectivity index (χ0) is 18.0. The number of hydrogen-bond acceptors (Lipinski definition) is 7. The Hall–Kier alpha value is -2.04. The predicted octanol–water partition coefficient (Wildman–Crippen LogP) is -0.0305. The fourth-order valence-corrected chi connectivity index (χ4v) is 5.27. The molecule has 2 saturated heterocycles. The smallest absolute Gasteiger partial charge is 0.310 e. The summed E-state index contributed by atoms with van der Waals surface area (Å²) in [5.41, 5.74) is 0. The molecule has 1 N–H and O–H groups in total. The van der Waals surface area contributed by atoms with Crippen LogP contribution in [0.5, 0.6) is 0 Å². The molecule has 2 amide bonds. The van der Waals surface area contributed by atoms with E-state index in [0.717, 1.165) is 24.2 Å². The molecule has 4 atom stereocenters. The van der Waals surface area contributed by atoms with Crippen LogP contribution >= 0.6 is 11.3 Å². The monoisotopic (exact) mass is 379 g/mol. The predicted molar refractivity (Wildman–Crippen MR) is 89.1 cm³/mol.